The van der Waals surface area contributed by atoms with Gasteiger partial charge in [-0.2, -0.15) is 0 Å². The maximum atomic E-state index is 13.2. The number of benzene rings is 1. The highest BCUT2D eigenvalue weighted by atomic mass is 79.9. The van der Waals surface area contributed by atoms with E-state index in [0.29, 0.717) is 16.3 Å². The van der Waals surface area contributed by atoms with E-state index >= 15 is 0 Å². The van der Waals surface area contributed by atoms with Crippen LogP contribution < -0.4 is 5.56 Å². The quantitative estimate of drug-likeness (QED) is 0.0568. The number of imidazole rings is 1. The Morgan fingerprint density at radius 3 is 1.78 bits per heavy atom. The van der Waals surface area contributed by atoms with Gasteiger partial charge in [0.1, 0.15) is 31.4 Å². The molecule has 4 heterocycles. The Morgan fingerprint density at radius 2 is 1.30 bits per heavy atom. The molecule has 2 saturated heterocycles. The van der Waals surface area contributed by atoms with E-state index in [1.165, 1.54) is 69.8 Å². The van der Waals surface area contributed by atoms with Gasteiger partial charge >= 0.3 is 14.6 Å². The predicted molar refractivity (Wildman–Crippen MR) is 250 cm³/mol. The van der Waals surface area contributed by atoms with Crippen molar-refractivity contribution in [1.82, 2.24) is 33.8 Å². The smallest absolute Gasteiger partial charge is 0.358 e. The van der Waals surface area contributed by atoms with Crippen molar-refractivity contribution in [2.75, 3.05) is 78.7 Å². The number of nitrogens with zero attached hydrogens (tertiary/aromatic N) is 7. The third kappa shape index (κ3) is 19.3. The molecule has 5 atom stereocenters. The van der Waals surface area contributed by atoms with Crippen molar-refractivity contribution in [3.63, 3.8) is 0 Å². The van der Waals surface area contributed by atoms with Gasteiger partial charge in [-0.05, 0) is 112 Å². The molecular formula is C40H72BrN7O12P2S. The standard InChI is InChI=1S/C22H27BrN4O12P2S.3C6H15N/c1-22(2)38-16-14(10-36-40(29,30)31)37-20(17(16)39-22)27-18-15(25-21(27)23)19(28)26(11-24-18)12-34-8-9-35-41(32,33)42-13-6-4-3-5-7-13;3*1-4-7(5-2)6-3/h3-7,11,14,16-17,20H,8-10,12H2,1-2H3,(H,32,33)(H2,29,30,31);3*4-6H2,1-3H3/t14-,16-,17-,20-;;;/m1.../s1. The summed E-state index contributed by atoms with van der Waals surface area (Å²) in [5, 5.41) is 0. The second kappa shape index (κ2) is 28.5. The van der Waals surface area contributed by atoms with Crippen molar-refractivity contribution in [2.24, 2.45) is 0 Å². The molecule has 5 rings (SSSR count). The minimum Gasteiger partial charge on any atom is -0.358 e. The van der Waals surface area contributed by atoms with Gasteiger partial charge in [0.25, 0.3) is 5.56 Å². The van der Waals surface area contributed by atoms with Gasteiger partial charge < -0.3 is 48.3 Å². The van der Waals surface area contributed by atoms with Gasteiger partial charge in [0.15, 0.2) is 27.9 Å². The summed E-state index contributed by atoms with van der Waals surface area (Å²) < 4.78 is 59.5. The van der Waals surface area contributed by atoms with E-state index in [9.17, 15) is 18.8 Å². The van der Waals surface area contributed by atoms with Gasteiger partial charge in [0.2, 0.25) is 0 Å². The van der Waals surface area contributed by atoms with Gasteiger partial charge in [-0.3, -0.25) is 23.0 Å². The first-order valence-corrected chi connectivity index (χ1v) is 26.9. The van der Waals surface area contributed by atoms with Gasteiger partial charge in [-0.1, -0.05) is 80.5 Å². The molecule has 0 radical (unpaired) electrons. The number of phosphoric ester groups is 1. The van der Waals surface area contributed by atoms with E-state index in [4.69, 9.17) is 33.3 Å². The van der Waals surface area contributed by atoms with Gasteiger partial charge in [0, 0.05) is 4.90 Å². The van der Waals surface area contributed by atoms with Crippen LogP contribution >= 0.6 is 41.9 Å². The Balaban J connectivity index is 0.000000536. The topological polar surface area (TPSA) is 213 Å². The zero-order valence-corrected chi connectivity index (χ0v) is 43.0. The summed E-state index contributed by atoms with van der Waals surface area (Å²) in [6.45, 7) is 28.8. The summed E-state index contributed by atoms with van der Waals surface area (Å²) in [6, 6.07) is 8.65. The van der Waals surface area contributed by atoms with E-state index in [0.717, 1.165) is 4.57 Å². The van der Waals surface area contributed by atoms with Crippen molar-refractivity contribution in [1.29, 1.82) is 0 Å². The average Bonchev–Trinajstić information content (AvgIpc) is 3.87. The second-order valence-electron chi connectivity index (χ2n) is 14.5. The SMILES string of the molecule is CC1(C)O[C@@H]2[C@H](O1)[C@@H](COP(=O)(O)O)O[C@H]2n1c(Br)nc2c(=O)n(COCCOP(=O)(O)Sc3ccccc3)cnc21.CCN(CC)CC.CCN(CC)CC.CCN(CC)CC. The highest BCUT2D eigenvalue weighted by molar-refractivity contribution is 9.10. The van der Waals surface area contributed by atoms with Crippen molar-refractivity contribution in [2.45, 2.75) is 118 Å². The molecule has 63 heavy (non-hydrogen) atoms. The summed E-state index contributed by atoms with van der Waals surface area (Å²) in [4.78, 5) is 57.8. The fraction of sp³-hybridized carbons (Fsp3) is 0.725. The lowest BCUT2D eigenvalue weighted by Crippen LogP contribution is -2.32. The number of rotatable bonds is 21. The summed E-state index contributed by atoms with van der Waals surface area (Å²) in [5.41, 5.74) is -0.400. The Labute approximate surface area is 385 Å². The van der Waals surface area contributed by atoms with Gasteiger partial charge in [-0.15, -0.1) is 0 Å². The maximum absolute atomic E-state index is 13.2. The molecule has 0 aliphatic carbocycles. The van der Waals surface area contributed by atoms with Crippen LogP contribution in [0.1, 0.15) is 82.4 Å². The molecule has 23 heteroatoms. The van der Waals surface area contributed by atoms with Gasteiger partial charge in [-0.25, -0.2) is 19.1 Å². The number of phosphoric acid groups is 1. The Morgan fingerprint density at radius 1 is 0.794 bits per heavy atom. The van der Waals surface area contributed by atoms with E-state index < -0.39 is 57.1 Å². The van der Waals surface area contributed by atoms with E-state index in [-0.39, 0.29) is 35.8 Å². The number of ether oxygens (including phenoxy) is 4. The molecule has 3 aromatic rings. The normalized spacial score (nSPS) is 20.2. The largest absolute Gasteiger partial charge is 0.469 e. The van der Waals surface area contributed by atoms with Crippen LogP contribution in [0.15, 0.2) is 51.1 Å². The lowest BCUT2D eigenvalue weighted by atomic mass is 10.1. The van der Waals surface area contributed by atoms with Crippen molar-refractivity contribution < 1.29 is 51.8 Å². The molecule has 2 fully saturated rings. The zero-order valence-electron chi connectivity index (χ0n) is 38.8. The summed E-state index contributed by atoms with van der Waals surface area (Å²) in [6.07, 6.45) is -2.07. The van der Waals surface area contributed by atoms with Crippen molar-refractivity contribution >= 4 is 53.1 Å². The zero-order chi connectivity index (χ0) is 47.4. The van der Waals surface area contributed by atoms with Crippen molar-refractivity contribution in [3.05, 3.63) is 51.7 Å². The summed E-state index contributed by atoms with van der Waals surface area (Å²) >= 11 is 4.05. The van der Waals surface area contributed by atoms with Crippen molar-refractivity contribution in [3.8, 4) is 0 Å². The maximum Gasteiger partial charge on any atom is 0.469 e. The van der Waals surface area contributed by atoms with E-state index in [1.807, 2.05) is 0 Å². The predicted octanol–water partition coefficient (Wildman–Crippen LogP) is 6.81. The highest BCUT2D eigenvalue weighted by Crippen LogP contribution is 2.59. The molecular weight excluding hydrogens is 944 g/mol. The third-order valence-electron chi connectivity index (χ3n) is 10.1. The van der Waals surface area contributed by atoms with Crippen LogP contribution in [0, 0.1) is 0 Å². The van der Waals surface area contributed by atoms with Crippen LogP contribution in [-0.2, 0) is 43.9 Å². The van der Waals surface area contributed by atoms with Gasteiger partial charge in [0.05, 0.1) is 19.8 Å². The number of hydrogen-bond acceptors (Lipinski definition) is 15. The van der Waals surface area contributed by atoms with Crippen LogP contribution in [0.3, 0.4) is 0 Å². The van der Waals surface area contributed by atoms with E-state index in [2.05, 4.69) is 107 Å². The molecule has 3 N–H and O–H groups in total. The number of fused-ring (bicyclic) bond motifs is 2. The molecule has 2 aliphatic rings. The number of halogens is 1. The number of hydrogen-bond donors (Lipinski definition) is 3. The molecule has 362 valence electrons. The monoisotopic (exact) mass is 1020 g/mol. The first kappa shape index (κ1) is 57.5. The average molecular weight is 1020 g/mol. The first-order valence-electron chi connectivity index (χ1n) is 21.6. The second-order valence-corrected chi connectivity index (χ2v) is 20.2. The number of aromatic nitrogens is 4. The Hall–Kier alpha value is -1.62. The molecule has 19 nitrogen and oxygen atoms in total. The summed E-state index contributed by atoms with van der Waals surface area (Å²) in [7, 11) is -4.77. The summed E-state index contributed by atoms with van der Waals surface area (Å²) in [5.74, 6) is -1.02. The van der Waals surface area contributed by atoms with Crippen LogP contribution in [-0.4, -0.2) is 151 Å². The highest BCUT2D eigenvalue weighted by Gasteiger charge is 2.57. The molecule has 2 aromatic heterocycles. The molecule has 0 bridgehead atoms. The van der Waals surface area contributed by atoms with Crippen LogP contribution in [0.4, 0.5) is 0 Å². The Bertz CT molecular complexity index is 1850. The Kier molecular flexibility index (Phi) is 26.0. The third-order valence-corrected chi connectivity index (χ3v) is 14.0. The first-order chi connectivity index (χ1) is 29.8. The molecule has 0 saturated carbocycles. The molecule has 1 aromatic carbocycles. The molecule has 2 aliphatic heterocycles. The molecule has 0 spiro atoms. The van der Waals surface area contributed by atoms with Crippen LogP contribution in [0.2, 0.25) is 0 Å². The molecule has 0 amide bonds. The van der Waals surface area contributed by atoms with Crippen LogP contribution in [0.25, 0.3) is 11.2 Å². The fourth-order valence-corrected chi connectivity index (χ4v) is 9.83. The lowest BCUT2D eigenvalue weighted by Gasteiger charge is -2.25. The minimum absolute atomic E-state index is 0.0170. The minimum atomic E-state index is -4.77. The fourth-order valence-electron chi connectivity index (χ4n) is 6.49. The lowest BCUT2D eigenvalue weighted by molar-refractivity contribution is -0.199. The van der Waals surface area contributed by atoms with E-state index in [1.54, 1.807) is 44.2 Å². The van der Waals surface area contributed by atoms with Crippen LogP contribution in [0.5, 0.6) is 0 Å². The molecule has 1 unspecified atom stereocenters.